The van der Waals surface area contributed by atoms with Gasteiger partial charge in [-0.3, -0.25) is 4.79 Å². The molecule has 0 spiro atoms. The average molecular weight is 329 g/mol. The van der Waals surface area contributed by atoms with E-state index in [0.717, 1.165) is 6.42 Å². The molecule has 3 aliphatic carbocycles. The Labute approximate surface area is 142 Å². The Bertz CT molecular complexity index is 683. The summed E-state index contributed by atoms with van der Waals surface area (Å²) in [5, 5.41) is 2.98. The molecule has 1 amide bonds. The van der Waals surface area contributed by atoms with Gasteiger partial charge in [0.15, 0.2) is 0 Å². The molecular weight excluding hydrogens is 308 g/mol. The van der Waals surface area contributed by atoms with Gasteiger partial charge in [-0.15, -0.1) is 12.4 Å². The number of carbonyl (C=O) groups excluding carboxylic acids is 1. The van der Waals surface area contributed by atoms with Gasteiger partial charge in [-0.05, 0) is 34.6 Å². The second-order valence-corrected chi connectivity index (χ2v) is 6.29. The molecule has 3 aliphatic rings. The molecule has 0 aromatic heterocycles. The molecule has 1 unspecified atom stereocenters. The Morgan fingerprint density at radius 2 is 1.52 bits per heavy atom. The summed E-state index contributed by atoms with van der Waals surface area (Å²) in [5.41, 5.74) is 11.2. The summed E-state index contributed by atoms with van der Waals surface area (Å²) in [6.07, 6.45) is 1.10. The Balaban J connectivity index is 0.00000156. The van der Waals surface area contributed by atoms with Crippen molar-refractivity contribution < 1.29 is 4.79 Å². The zero-order chi connectivity index (χ0) is 15.1. The van der Waals surface area contributed by atoms with Crippen molar-refractivity contribution >= 4 is 18.3 Å². The van der Waals surface area contributed by atoms with Crippen LogP contribution in [0.3, 0.4) is 0 Å². The fraction of sp³-hybridized carbons (Fsp3) is 0.316. The van der Waals surface area contributed by atoms with Crippen LogP contribution in [0.4, 0.5) is 0 Å². The number of benzene rings is 2. The third kappa shape index (κ3) is 2.54. The topological polar surface area (TPSA) is 55.1 Å². The minimum atomic E-state index is -0.0667. The maximum Gasteiger partial charge on any atom is 0.233 e. The third-order valence-corrected chi connectivity index (χ3v) is 5.17. The summed E-state index contributed by atoms with van der Waals surface area (Å²) in [5.74, 6) is 1.22. The van der Waals surface area contributed by atoms with Crippen LogP contribution in [0.5, 0.6) is 0 Å². The lowest BCUT2D eigenvalue weighted by Gasteiger charge is -2.45. The SMILES string of the molecule is Cl.NCC(=O)NCC1CC2c3ccccc3C1c1ccccc12. The van der Waals surface area contributed by atoms with Gasteiger partial charge >= 0.3 is 0 Å². The number of carbonyl (C=O) groups is 1. The number of fused-ring (bicyclic) bond motifs is 1. The van der Waals surface area contributed by atoms with E-state index in [1.54, 1.807) is 0 Å². The Morgan fingerprint density at radius 1 is 1.00 bits per heavy atom. The first kappa shape index (κ1) is 16.0. The largest absolute Gasteiger partial charge is 0.355 e. The molecule has 120 valence electrons. The fourth-order valence-electron chi connectivity index (χ4n) is 4.28. The van der Waals surface area contributed by atoms with Crippen LogP contribution in [-0.2, 0) is 4.79 Å². The molecule has 0 saturated heterocycles. The van der Waals surface area contributed by atoms with E-state index in [0.29, 0.717) is 24.3 Å². The van der Waals surface area contributed by atoms with Gasteiger partial charge in [0, 0.05) is 18.4 Å². The molecule has 0 radical (unpaired) electrons. The number of nitrogens with two attached hydrogens (primary N) is 1. The monoisotopic (exact) mass is 328 g/mol. The second kappa shape index (κ2) is 6.34. The molecule has 2 aromatic rings. The summed E-state index contributed by atoms with van der Waals surface area (Å²) in [6, 6.07) is 17.5. The van der Waals surface area contributed by atoms with Crippen LogP contribution in [-0.4, -0.2) is 19.0 Å². The van der Waals surface area contributed by atoms with E-state index in [2.05, 4.69) is 53.8 Å². The molecule has 2 bridgehead atoms. The highest BCUT2D eigenvalue weighted by Crippen LogP contribution is 2.54. The van der Waals surface area contributed by atoms with Crippen LogP contribution in [0.2, 0.25) is 0 Å². The molecule has 0 aliphatic heterocycles. The van der Waals surface area contributed by atoms with Crippen LogP contribution in [0, 0.1) is 5.92 Å². The van der Waals surface area contributed by atoms with Crippen LogP contribution in [0.25, 0.3) is 0 Å². The number of hydrogen-bond donors (Lipinski definition) is 2. The predicted octanol–water partition coefficient (Wildman–Crippen LogP) is 2.78. The highest BCUT2D eigenvalue weighted by Gasteiger charge is 2.42. The Morgan fingerprint density at radius 3 is 2.04 bits per heavy atom. The van der Waals surface area contributed by atoms with E-state index in [1.807, 2.05) is 0 Å². The maximum atomic E-state index is 11.5. The average Bonchev–Trinajstić information content (AvgIpc) is 2.59. The van der Waals surface area contributed by atoms with Crippen LogP contribution < -0.4 is 11.1 Å². The molecule has 5 rings (SSSR count). The van der Waals surface area contributed by atoms with Crippen molar-refractivity contribution in [2.45, 2.75) is 18.3 Å². The van der Waals surface area contributed by atoms with E-state index in [4.69, 9.17) is 5.73 Å². The Hall–Kier alpha value is -1.84. The smallest absolute Gasteiger partial charge is 0.233 e. The lowest BCUT2D eigenvalue weighted by Crippen LogP contribution is -2.40. The summed E-state index contributed by atoms with van der Waals surface area (Å²) >= 11 is 0. The van der Waals surface area contributed by atoms with Gasteiger partial charge in [-0.1, -0.05) is 48.5 Å². The first-order chi connectivity index (χ1) is 10.8. The number of halogens is 1. The van der Waals surface area contributed by atoms with E-state index in [-0.39, 0.29) is 24.9 Å². The molecule has 0 saturated carbocycles. The van der Waals surface area contributed by atoms with Gasteiger partial charge in [0.05, 0.1) is 6.54 Å². The summed E-state index contributed by atoms with van der Waals surface area (Å²) in [4.78, 5) is 11.5. The third-order valence-electron chi connectivity index (χ3n) is 5.17. The van der Waals surface area contributed by atoms with Crippen molar-refractivity contribution in [3.63, 3.8) is 0 Å². The quantitative estimate of drug-likeness (QED) is 0.910. The lowest BCUT2D eigenvalue weighted by molar-refractivity contribution is -0.119. The second-order valence-electron chi connectivity index (χ2n) is 6.29. The van der Waals surface area contributed by atoms with Crippen molar-refractivity contribution in [1.82, 2.24) is 5.32 Å². The minimum Gasteiger partial charge on any atom is -0.355 e. The molecular formula is C19H21ClN2O. The van der Waals surface area contributed by atoms with E-state index in [9.17, 15) is 4.79 Å². The van der Waals surface area contributed by atoms with Crippen molar-refractivity contribution in [3.8, 4) is 0 Å². The van der Waals surface area contributed by atoms with Crippen molar-refractivity contribution in [2.24, 2.45) is 11.7 Å². The summed E-state index contributed by atoms with van der Waals surface area (Å²) in [6.45, 7) is 0.772. The van der Waals surface area contributed by atoms with Crippen LogP contribution in [0.15, 0.2) is 48.5 Å². The summed E-state index contributed by atoms with van der Waals surface area (Å²) < 4.78 is 0. The molecule has 3 N–H and O–H groups in total. The first-order valence-corrected chi connectivity index (χ1v) is 7.94. The van der Waals surface area contributed by atoms with E-state index < -0.39 is 0 Å². The van der Waals surface area contributed by atoms with Crippen LogP contribution >= 0.6 is 12.4 Å². The molecule has 0 heterocycles. The van der Waals surface area contributed by atoms with Gasteiger partial charge in [-0.25, -0.2) is 0 Å². The van der Waals surface area contributed by atoms with Crippen molar-refractivity contribution in [1.29, 1.82) is 0 Å². The molecule has 23 heavy (non-hydrogen) atoms. The fourth-order valence-corrected chi connectivity index (χ4v) is 4.28. The highest BCUT2D eigenvalue weighted by molar-refractivity contribution is 5.85. The number of hydrogen-bond acceptors (Lipinski definition) is 2. The molecule has 2 aromatic carbocycles. The maximum absolute atomic E-state index is 11.5. The zero-order valence-electron chi connectivity index (χ0n) is 12.9. The van der Waals surface area contributed by atoms with E-state index in [1.165, 1.54) is 22.3 Å². The van der Waals surface area contributed by atoms with Crippen molar-refractivity contribution in [3.05, 3.63) is 70.8 Å². The van der Waals surface area contributed by atoms with Gasteiger partial charge in [-0.2, -0.15) is 0 Å². The summed E-state index contributed by atoms with van der Waals surface area (Å²) in [7, 11) is 0. The minimum absolute atomic E-state index is 0. The van der Waals surface area contributed by atoms with Crippen molar-refractivity contribution in [2.75, 3.05) is 13.1 Å². The Kier molecular flexibility index (Phi) is 4.42. The molecule has 1 atom stereocenters. The van der Waals surface area contributed by atoms with Gasteiger partial charge in [0.25, 0.3) is 0 Å². The molecule has 0 fully saturated rings. The lowest BCUT2D eigenvalue weighted by atomic mass is 9.59. The van der Waals surface area contributed by atoms with Gasteiger partial charge in [0.2, 0.25) is 5.91 Å². The number of rotatable bonds is 3. The predicted molar refractivity (Wildman–Crippen MR) is 94.0 cm³/mol. The van der Waals surface area contributed by atoms with Crippen LogP contribution in [0.1, 0.15) is 40.5 Å². The van der Waals surface area contributed by atoms with Gasteiger partial charge in [0.1, 0.15) is 0 Å². The molecule has 3 nitrogen and oxygen atoms in total. The molecule has 4 heteroatoms. The number of amides is 1. The van der Waals surface area contributed by atoms with E-state index >= 15 is 0 Å². The first-order valence-electron chi connectivity index (χ1n) is 7.94. The van der Waals surface area contributed by atoms with Gasteiger partial charge < -0.3 is 11.1 Å². The highest BCUT2D eigenvalue weighted by atomic mass is 35.5. The number of nitrogens with one attached hydrogen (secondary N) is 1. The normalized spacial score (nSPS) is 23.4. The standard InChI is InChI=1S/C19H20N2O.ClH/c20-10-18(22)21-11-12-9-17-13-5-1-3-7-15(13)19(12)16-8-4-2-6-14(16)17;/h1-8,12,17,19H,9-11,20H2,(H,21,22);1H. The zero-order valence-corrected chi connectivity index (χ0v) is 13.7.